The average molecular weight is 270 g/mol. The van der Waals surface area contributed by atoms with Crippen molar-refractivity contribution in [1.29, 1.82) is 0 Å². The predicted molar refractivity (Wildman–Crippen MR) is 78.3 cm³/mol. The monoisotopic (exact) mass is 270 g/mol. The van der Waals surface area contributed by atoms with Crippen LogP contribution in [-0.4, -0.2) is 63.2 Å². The molecule has 0 spiro atoms. The molecular weight excluding hydrogens is 244 g/mol. The molecule has 0 aliphatic heterocycles. The van der Waals surface area contributed by atoms with E-state index >= 15 is 0 Å². The first kappa shape index (κ1) is 17.4. The molecule has 110 valence electrons. The topological polar surface area (TPSA) is 66.0 Å². The molecule has 0 aliphatic rings. The third-order valence-electron chi connectivity index (χ3n) is 2.52. The molecule has 0 rings (SSSR count). The summed E-state index contributed by atoms with van der Waals surface area (Å²) in [5.74, 6) is 0.519. The van der Waals surface area contributed by atoms with E-state index in [4.69, 9.17) is 4.74 Å². The van der Waals surface area contributed by atoms with E-state index in [1.54, 1.807) is 27.3 Å². The van der Waals surface area contributed by atoms with Crippen LogP contribution >= 0.6 is 0 Å². The van der Waals surface area contributed by atoms with Gasteiger partial charge in [-0.05, 0) is 13.8 Å². The van der Waals surface area contributed by atoms with Crippen LogP contribution in [0.15, 0.2) is 17.6 Å². The van der Waals surface area contributed by atoms with Crippen LogP contribution in [-0.2, 0) is 9.53 Å². The van der Waals surface area contributed by atoms with E-state index in [2.05, 4.69) is 22.2 Å². The lowest BCUT2D eigenvalue weighted by molar-refractivity contribution is -0.127. The highest BCUT2D eigenvalue weighted by Gasteiger charge is 2.16. The van der Waals surface area contributed by atoms with Crippen molar-refractivity contribution < 1.29 is 9.53 Å². The summed E-state index contributed by atoms with van der Waals surface area (Å²) in [5, 5.41) is 6.19. The lowest BCUT2D eigenvalue weighted by atomic mass is 10.1. The van der Waals surface area contributed by atoms with Crippen LogP contribution in [0.4, 0.5) is 0 Å². The zero-order valence-electron chi connectivity index (χ0n) is 12.6. The van der Waals surface area contributed by atoms with Gasteiger partial charge in [0.1, 0.15) is 6.54 Å². The molecule has 0 aromatic heterocycles. The first-order valence-corrected chi connectivity index (χ1v) is 6.21. The third-order valence-corrected chi connectivity index (χ3v) is 2.52. The fourth-order valence-corrected chi connectivity index (χ4v) is 1.00. The normalized spacial score (nSPS) is 11.9. The maximum atomic E-state index is 11.5. The number of carbonyl (C=O) groups is 1. The number of amides is 1. The summed E-state index contributed by atoms with van der Waals surface area (Å²) in [4.78, 5) is 17.2. The van der Waals surface area contributed by atoms with Gasteiger partial charge in [0.15, 0.2) is 5.96 Å². The summed E-state index contributed by atoms with van der Waals surface area (Å²) < 4.78 is 5.32. The number of nitrogens with one attached hydrogen (secondary N) is 2. The van der Waals surface area contributed by atoms with Crippen molar-refractivity contribution >= 4 is 11.9 Å². The first-order chi connectivity index (χ1) is 8.82. The van der Waals surface area contributed by atoms with E-state index in [0.717, 1.165) is 0 Å². The standard InChI is InChI=1S/C13H26N4O2/c1-7-8-14-12(15-9-11(18)17(4)5)16-10-13(2,3)19-6/h7H,1,8-10H2,2-6H3,(H2,14,15,16). The van der Waals surface area contributed by atoms with Gasteiger partial charge in [0.2, 0.25) is 5.91 Å². The minimum Gasteiger partial charge on any atom is -0.377 e. The molecule has 0 aliphatic carbocycles. The quantitative estimate of drug-likeness (QED) is 0.395. The largest absolute Gasteiger partial charge is 0.377 e. The molecule has 0 radical (unpaired) electrons. The lowest BCUT2D eigenvalue weighted by Gasteiger charge is -2.24. The zero-order valence-corrected chi connectivity index (χ0v) is 12.6. The highest BCUT2D eigenvalue weighted by Crippen LogP contribution is 2.04. The van der Waals surface area contributed by atoms with Crippen molar-refractivity contribution in [2.24, 2.45) is 4.99 Å². The van der Waals surface area contributed by atoms with Crippen molar-refractivity contribution in [2.45, 2.75) is 19.4 Å². The molecule has 0 aromatic rings. The van der Waals surface area contributed by atoms with Gasteiger partial charge in [-0.1, -0.05) is 6.08 Å². The molecule has 6 heteroatoms. The number of rotatable bonds is 7. The first-order valence-electron chi connectivity index (χ1n) is 6.21. The van der Waals surface area contributed by atoms with Gasteiger partial charge < -0.3 is 20.3 Å². The number of hydrogen-bond donors (Lipinski definition) is 2. The smallest absolute Gasteiger partial charge is 0.243 e. The van der Waals surface area contributed by atoms with Gasteiger partial charge in [-0.25, -0.2) is 4.99 Å². The Bertz CT molecular complexity index is 325. The highest BCUT2D eigenvalue weighted by atomic mass is 16.5. The molecule has 0 aromatic carbocycles. The Labute approximate surface area is 115 Å². The lowest BCUT2D eigenvalue weighted by Crippen LogP contribution is -2.45. The van der Waals surface area contributed by atoms with Gasteiger partial charge in [0, 0.05) is 34.3 Å². The molecule has 0 saturated heterocycles. The van der Waals surface area contributed by atoms with Crippen LogP contribution in [0, 0.1) is 0 Å². The Hall–Kier alpha value is -1.56. The van der Waals surface area contributed by atoms with Crippen molar-refractivity contribution in [3.63, 3.8) is 0 Å². The Kier molecular flexibility index (Phi) is 7.83. The van der Waals surface area contributed by atoms with Crippen LogP contribution in [0.2, 0.25) is 0 Å². The van der Waals surface area contributed by atoms with Crippen molar-refractivity contribution in [1.82, 2.24) is 15.5 Å². The summed E-state index contributed by atoms with van der Waals surface area (Å²) >= 11 is 0. The van der Waals surface area contributed by atoms with Gasteiger partial charge in [-0.3, -0.25) is 4.79 Å². The van der Waals surface area contributed by atoms with Gasteiger partial charge in [0.05, 0.1) is 5.60 Å². The zero-order chi connectivity index (χ0) is 14.9. The fraction of sp³-hybridized carbons (Fsp3) is 0.692. The maximum absolute atomic E-state index is 11.5. The van der Waals surface area contributed by atoms with Gasteiger partial charge >= 0.3 is 0 Å². The number of carbonyl (C=O) groups excluding carboxylic acids is 1. The number of nitrogens with zero attached hydrogens (tertiary/aromatic N) is 2. The van der Waals surface area contributed by atoms with E-state index < -0.39 is 0 Å². The Morgan fingerprint density at radius 3 is 2.53 bits per heavy atom. The number of ether oxygens (including phenoxy) is 1. The Morgan fingerprint density at radius 2 is 2.05 bits per heavy atom. The van der Waals surface area contributed by atoms with E-state index in [0.29, 0.717) is 19.0 Å². The Balaban J connectivity index is 4.49. The van der Waals surface area contributed by atoms with Gasteiger partial charge in [-0.2, -0.15) is 0 Å². The van der Waals surface area contributed by atoms with E-state index in [9.17, 15) is 4.79 Å². The molecule has 1 amide bonds. The van der Waals surface area contributed by atoms with Crippen molar-refractivity contribution in [2.75, 3.05) is 40.8 Å². The molecule has 19 heavy (non-hydrogen) atoms. The summed E-state index contributed by atoms with van der Waals surface area (Å²) in [6, 6.07) is 0. The predicted octanol–water partition coefficient (Wildman–Crippen LogP) is 0.221. The summed E-state index contributed by atoms with van der Waals surface area (Å²) in [6.45, 7) is 8.84. The van der Waals surface area contributed by atoms with E-state index in [1.807, 2.05) is 13.8 Å². The second-order valence-corrected chi connectivity index (χ2v) is 4.94. The summed E-state index contributed by atoms with van der Waals surface area (Å²) in [6.07, 6.45) is 1.73. The molecule has 0 bridgehead atoms. The molecular formula is C13H26N4O2. The van der Waals surface area contributed by atoms with Crippen molar-refractivity contribution in [3.05, 3.63) is 12.7 Å². The van der Waals surface area contributed by atoms with Gasteiger partial charge in [0.25, 0.3) is 0 Å². The molecule has 0 unspecified atom stereocenters. The average Bonchev–Trinajstić information content (AvgIpc) is 2.37. The van der Waals surface area contributed by atoms with Crippen LogP contribution < -0.4 is 10.6 Å². The Morgan fingerprint density at radius 1 is 1.42 bits per heavy atom. The van der Waals surface area contributed by atoms with Crippen molar-refractivity contribution in [3.8, 4) is 0 Å². The van der Waals surface area contributed by atoms with Gasteiger partial charge in [-0.15, -0.1) is 6.58 Å². The summed E-state index contributed by atoms with van der Waals surface area (Å²) in [7, 11) is 5.07. The number of methoxy groups -OCH3 is 1. The van der Waals surface area contributed by atoms with E-state index in [1.165, 1.54) is 4.90 Å². The van der Waals surface area contributed by atoms with E-state index in [-0.39, 0.29) is 18.1 Å². The van der Waals surface area contributed by atoms with Crippen LogP contribution in [0.25, 0.3) is 0 Å². The molecule has 0 saturated carbocycles. The van der Waals surface area contributed by atoms with Crippen LogP contribution in [0.5, 0.6) is 0 Å². The fourth-order valence-electron chi connectivity index (χ4n) is 1.00. The molecule has 0 fully saturated rings. The number of hydrogen-bond acceptors (Lipinski definition) is 3. The molecule has 0 atom stereocenters. The highest BCUT2D eigenvalue weighted by molar-refractivity contribution is 5.84. The molecule has 2 N–H and O–H groups in total. The second kappa shape index (κ2) is 8.53. The third kappa shape index (κ3) is 8.20. The minimum absolute atomic E-state index is 0.0503. The number of likely N-dealkylation sites (N-methyl/N-ethyl adjacent to an activating group) is 1. The van der Waals surface area contributed by atoms with Crippen LogP contribution in [0.3, 0.4) is 0 Å². The number of aliphatic imine (C=N–C) groups is 1. The van der Waals surface area contributed by atoms with Crippen LogP contribution in [0.1, 0.15) is 13.8 Å². The SMILES string of the molecule is C=CCNC(=NCC(=O)N(C)C)NCC(C)(C)OC. The number of guanidine groups is 1. The second-order valence-electron chi connectivity index (χ2n) is 4.94. The minimum atomic E-state index is -0.303. The maximum Gasteiger partial charge on any atom is 0.243 e. The molecule has 0 heterocycles. The summed E-state index contributed by atoms with van der Waals surface area (Å²) in [5.41, 5.74) is -0.303. The molecule has 6 nitrogen and oxygen atoms in total.